The highest BCUT2D eigenvalue weighted by molar-refractivity contribution is 5.44. The molecule has 1 aliphatic heterocycles. The Labute approximate surface area is 117 Å². The molecule has 0 amide bonds. The summed E-state index contributed by atoms with van der Waals surface area (Å²) in [5.74, 6) is 1.11. The van der Waals surface area contributed by atoms with E-state index >= 15 is 0 Å². The minimum Gasteiger partial charge on any atom is -0.393 e. The Morgan fingerprint density at radius 3 is 2.80 bits per heavy atom. The zero-order valence-electron chi connectivity index (χ0n) is 11.3. The van der Waals surface area contributed by atoms with E-state index in [9.17, 15) is 15.2 Å². The lowest BCUT2D eigenvalue weighted by Gasteiger charge is -2.47. The molecule has 0 aromatic carbocycles. The summed E-state index contributed by atoms with van der Waals surface area (Å²) in [5, 5.41) is 20.8. The van der Waals surface area contributed by atoms with Crippen molar-refractivity contribution in [2.75, 3.05) is 11.4 Å². The van der Waals surface area contributed by atoms with Crippen molar-refractivity contribution in [2.45, 2.75) is 44.2 Å². The Balaban J connectivity index is 1.83. The van der Waals surface area contributed by atoms with Crippen molar-refractivity contribution in [2.24, 2.45) is 5.92 Å². The van der Waals surface area contributed by atoms with Crippen LogP contribution in [0.1, 0.15) is 32.1 Å². The monoisotopic (exact) mass is 277 g/mol. The van der Waals surface area contributed by atoms with Crippen LogP contribution in [-0.4, -0.2) is 33.7 Å². The molecule has 3 atom stereocenters. The quantitative estimate of drug-likeness (QED) is 0.661. The van der Waals surface area contributed by atoms with Crippen molar-refractivity contribution in [1.82, 2.24) is 4.98 Å². The molecular formula is C14H19N3O3. The second-order valence-corrected chi connectivity index (χ2v) is 5.70. The van der Waals surface area contributed by atoms with Gasteiger partial charge >= 0.3 is 0 Å². The van der Waals surface area contributed by atoms with Gasteiger partial charge in [-0.15, -0.1) is 0 Å². The van der Waals surface area contributed by atoms with E-state index in [1.165, 1.54) is 25.1 Å². The van der Waals surface area contributed by atoms with Crippen molar-refractivity contribution < 1.29 is 10.0 Å². The minimum atomic E-state index is -0.430. The van der Waals surface area contributed by atoms with Gasteiger partial charge in [0.1, 0.15) is 12.0 Å². The predicted molar refractivity (Wildman–Crippen MR) is 74.6 cm³/mol. The van der Waals surface area contributed by atoms with Crippen LogP contribution < -0.4 is 4.90 Å². The Kier molecular flexibility index (Phi) is 3.56. The number of nitro groups is 1. The highest BCUT2D eigenvalue weighted by atomic mass is 16.6. The van der Waals surface area contributed by atoms with Crippen LogP contribution in [-0.2, 0) is 0 Å². The maximum Gasteiger partial charge on any atom is 0.287 e. The molecule has 1 saturated heterocycles. The van der Waals surface area contributed by atoms with Crippen LogP contribution in [0, 0.1) is 16.0 Å². The molecule has 1 aromatic rings. The maximum absolute atomic E-state index is 10.7. The van der Waals surface area contributed by atoms with Gasteiger partial charge in [-0.2, -0.15) is 0 Å². The lowest BCUT2D eigenvalue weighted by atomic mass is 9.76. The van der Waals surface area contributed by atoms with Crippen LogP contribution in [0.4, 0.5) is 11.5 Å². The smallest absolute Gasteiger partial charge is 0.287 e. The standard InChI is InChI=1S/C14H19N3O3/c18-13-7-8-16(12-4-2-1-3-11(12)13)14-6-5-10(9-15-14)17(19)20/h5-6,9,11-13,18H,1-4,7-8H2. The van der Waals surface area contributed by atoms with Crippen molar-refractivity contribution >= 4 is 11.5 Å². The fourth-order valence-corrected chi connectivity index (χ4v) is 3.57. The van der Waals surface area contributed by atoms with Crippen LogP contribution >= 0.6 is 0 Å². The van der Waals surface area contributed by atoms with Crippen molar-refractivity contribution in [1.29, 1.82) is 0 Å². The van der Waals surface area contributed by atoms with Crippen molar-refractivity contribution in [3.63, 3.8) is 0 Å². The normalized spacial score (nSPS) is 29.9. The number of piperidine rings is 1. The van der Waals surface area contributed by atoms with E-state index < -0.39 is 4.92 Å². The fourth-order valence-electron chi connectivity index (χ4n) is 3.57. The Morgan fingerprint density at radius 2 is 2.10 bits per heavy atom. The van der Waals surface area contributed by atoms with Gasteiger partial charge in [-0.1, -0.05) is 12.8 Å². The summed E-state index contributed by atoms with van der Waals surface area (Å²) >= 11 is 0. The average Bonchev–Trinajstić information content (AvgIpc) is 2.48. The van der Waals surface area contributed by atoms with Crippen LogP contribution in [0.15, 0.2) is 18.3 Å². The molecule has 2 fully saturated rings. The van der Waals surface area contributed by atoms with E-state index in [-0.39, 0.29) is 11.8 Å². The molecule has 2 heterocycles. The molecule has 1 saturated carbocycles. The number of nitrogens with zero attached hydrogens (tertiary/aromatic N) is 3. The van der Waals surface area contributed by atoms with E-state index in [1.807, 2.05) is 0 Å². The van der Waals surface area contributed by atoms with Crippen molar-refractivity contribution in [3.8, 4) is 0 Å². The first-order valence-corrected chi connectivity index (χ1v) is 7.22. The molecular weight excluding hydrogens is 258 g/mol. The summed E-state index contributed by atoms with van der Waals surface area (Å²) in [4.78, 5) is 16.7. The number of hydrogen-bond donors (Lipinski definition) is 1. The van der Waals surface area contributed by atoms with Gasteiger partial charge in [0.05, 0.1) is 11.0 Å². The lowest BCUT2D eigenvalue weighted by molar-refractivity contribution is -0.385. The molecule has 20 heavy (non-hydrogen) atoms. The molecule has 6 heteroatoms. The van der Waals surface area contributed by atoms with Crippen LogP contribution in [0.5, 0.6) is 0 Å². The summed E-state index contributed by atoms with van der Waals surface area (Å²) < 4.78 is 0. The van der Waals surface area contributed by atoms with E-state index in [0.717, 1.165) is 31.6 Å². The van der Waals surface area contributed by atoms with Gasteiger partial charge in [-0.3, -0.25) is 10.1 Å². The number of aliphatic hydroxyl groups is 1. The number of aliphatic hydroxyl groups excluding tert-OH is 1. The molecule has 6 nitrogen and oxygen atoms in total. The average molecular weight is 277 g/mol. The molecule has 1 aliphatic carbocycles. The van der Waals surface area contributed by atoms with Crippen LogP contribution in [0.2, 0.25) is 0 Å². The van der Waals surface area contributed by atoms with Gasteiger partial charge < -0.3 is 10.0 Å². The number of aromatic nitrogens is 1. The molecule has 3 rings (SSSR count). The molecule has 1 aromatic heterocycles. The molecule has 2 aliphatic rings. The third-order valence-electron chi connectivity index (χ3n) is 4.58. The third-order valence-corrected chi connectivity index (χ3v) is 4.58. The third kappa shape index (κ3) is 2.35. The first-order valence-electron chi connectivity index (χ1n) is 7.22. The highest BCUT2D eigenvalue weighted by Gasteiger charge is 2.39. The van der Waals surface area contributed by atoms with Gasteiger partial charge in [0.25, 0.3) is 5.69 Å². The molecule has 0 bridgehead atoms. The second kappa shape index (κ2) is 5.36. The molecule has 3 unspecified atom stereocenters. The Bertz CT molecular complexity index is 491. The number of rotatable bonds is 2. The topological polar surface area (TPSA) is 79.5 Å². The second-order valence-electron chi connectivity index (χ2n) is 5.70. The summed E-state index contributed by atoms with van der Waals surface area (Å²) in [6.07, 6.45) is 6.35. The van der Waals surface area contributed by atoms with Crippen LogP contribution in [0.25, 0.3) is 0 Å². The molecule has 0 spiro atoms. The minimum absolute atomic E-state index is 0.0194. The first kappa shape index (κ1) is 13.3. The van der Waals surface area contributed by atoms with Gasteiger partial charge in [-0.25, -0.2) is 4.98 Å². The SMILES string of the molecule is O=[N+]([O-])c1ccc(N2CCC(O)C3CCCCC32)nc1. The zero-order valence-corrected chi connectivity index (χ0v) is 11.3. The van der Waals surface area contributed by atoms with E-state index in [0.29, 0.717) is 12.0 Å². The van der Waals surface area contributed by atoms with E-state index in [4.69, 9.17) is 0 Å². The molecule has 1 N–H and O–H groups in total. The van der Waals surface area contributed by atoms with Gasteiger partial charge in [-0.05, 0) is 25.3 Å². The molecule has 0 radical (unpaired) electrons. The van der Waals surface area contributed by atoms with Crippen molar-refractivity contribution in [3.05, 3.63) is 28.4 Å². The first-order chi connectivity index (χ1) is 9.66. The lowest BCUT2D eigenvalue weighted by Crippen LogP contribution is -2.53. The van der Waals surface area contributed by atoms with E-state index in [2.05, 4.69) is 9.88 Å². The largest absolute Gasteiger partial charge is 0.393 e. The highest BCUT2D eigenvalue weighted by Crippen LogP contribution is 2.37. The van der Waals surface area contributed by atoms with Gasteiger partial charge in [0.2, 0.25) is 0 Å². The summed E-state index contributed by atoms with van der Waals surface area (Å²) in [6.45, 7) is 0.771. The van der Waals surface area contributed by atoms with Gasteiger partial charge in [0.15, 0.2) is 0 Å². The summed E-state index contributed by atoms with van der Waals surface area (Å²) in [6, 6.07) is 3.55. The number of hydrogen-bond acceptors (Lipinski definition) is 5. The molecule has 108 valence electrons. The summed E-state index contributed by atoms with van der Waals surface area (Å²) in [7, 11) is 0. The van der Waals surface area contributed by atoms with E-state index in [1.54, 1.807) is 6.07 Å². The number of pyridine rings is 1. The fraction of sp³-hybridized carbons (Fsp3) is 0.643. The summed E-state index contributed by atoms with van der Waals surface area (Å²) in [5.41, 5.74) is 0.0194. The Hall–Kier alpha value is -1.69. The maximum atomic E-state index is 10.7. The Morgan fingerprint density at radius 1 is 1.30 bits per heavy atom. The zero-order chi connectivity index (χ0) is 14.1. The predicted octanol–water partition coefficient (Wildman–Crippen LogP) is 2.12. The number of anilines is 1. The van der Waals surface area contributed by atoms with Crippen LogP contribution in [0.3, 0.4) is 0 Å². The van der Waals surface area contributed by atoms with Gasteiger partial charge in [0, 0.05) is 24.6 Å². The number of fused-ring (bicyclic) bond motifs is 1.